The van der Waals surface area contributed by atoms with Crippen molar-refractivity contribution in [2.24, 2.45) is 0 Å². The van der Waals surface area contributed by atoms with Gasteiger partial charge in [0.2, 0.25) is 5.95 Å². The summed E-state index contributed by atoms with van der Waals surface area (Å²) in [6.45, 7) is 5.98. The largest absolute Gasteiger partial charge is 0.449 e. The molecule has 19 heavy (non-hydrogen) atoms. The maximum Gasteiger partial charge on any atom is 0.346 e. The number of hydrogen-bond donors (Lipinski definition) is 1. The number of ether oxygens (including phenoxy) is 2. The summed E-state index contributed by atoms with van der Waals surface area (Å²) in [6.07, 6.45) is 0. The molecule has 1 N–H and O–H groups in total. The molecule has 3 rings (SSSR count). The third-order valence-electron chi connectivity index (χ3n) is 3.34. The van der Waals surface area contributed by atoms with Crippen molar-refractivity contribution in [2.75, 3.05) is 31.2 Å². The molecule has 2 aliphatic rings. The molecular weight excluding hydrogens is 250 g/mol. The number of morpholine rings is 1. The van der Waals surface area contributed by atoms with Crippen LogP contribution in [0.2, 0.25) is 0 Å². The number of fused-ring (bicyclic) bond motifs is 1. The van der Waals surface area contributed by atoms with Crippen LogP contribution in [0.3, 0.4) is 0 Å². The van der Waals surface area contributed by atoms with Crippen molar-refractivity contribution in [1.29, 1.82) is 0 Å². The molecule has 0 radical (unpaired) electrons. The molecular formula is C12H15N3O4. The Hall–Kier alpha value is -1.89. The molecule has 102 valence electrons. The van der Waals surface area contributed by atoms with Gasteiger partial charge in [-0.15, -0.1) is 0 Å². The molecule has 2 aliphatic heterocycles. The summed E-state index contributed by atoms with van der Waals surface area (Å²) in [6, 6.07) is 0. The number of anilines is 1. The van der Waals surface area contributed by atoms with Crippen LogP contribution in [-0.2, 0) is 15.1 Å². The first-order chi connectivity index (χ1) is 8.99. The number of hydrogen-bond acceptors (Lipinski definition) is 6. The molecule has 0 saturated carbocycles. The highest BCUT2D eigenvalue weighted by Gasteiger charge is 2.42. The van der Waals surface area contributed by atoms with E-state index in [4.69, 9.17) is 9.47 Å². The van der Waals surface area contributed by atoms with Gasteiger partial charge in [0.15, 0.2) is 5.56 Å². The molecule has 1 fully saturated rings. The normalized spacial score (nSPS) is 21.2. The first kappa shape index (κ1) is 12.2. The van der Waals surface area contributed by atoms with E-state index in [0.29, 0.717) is 37.9 Å². The van der Waals surface area contributed by atoms with Crippen molar-refractivity contribution >= 4 is 11.9 Å². The Bertz CT molecular complexity index is 587. The number of nitrogens with one attached hydrogen (secondary N) is 1. The average Bonchev–Trinajstić information content (AvgIpc) is 2.61. The highest BCUT2D eigenvalue weighted by Crippen LogP contribution is 2.33. The maximum absolute atomic E-state index is 12.0. The van der Waals surface area contributed by atoms with Crippen molar-refractivity contribution in [3.8, 4) is 0 Å². The number of aromatic nitrogens is 2. The average molecular weight is 265 g/mol. The van der Waals surface area contributed by atoms with E-state index in [-0.39, 0.29) is 5.56 Å². The van der Waals surface area contributed by atoms with Crippen LogP contribution in [0.1, 0.15) is 29.9 Å². The second-order valence-electron chi connectivity index (χ2n) is 5.11. The SMILES string of the molecule is CC1(C)OC(=O)c2c1nc(N1CCOCC1)[nH]c2=O. The minimum absolute atomic E-state index is 0.0157. The van der Waals surface area contributed by atoms with Gasteiger partial charge in [0, 0.05) is 13.1 Å². The highest BCUT2D eigenvalue weighted by atomic mass is 16.6. The lowest BCUT2D eigenvalue weighted by atomic mass is 10.0. The Morgan fingerprint density at radius 2 is 1.95 bits per heavy atom. The number of esters is 1. The van der Waals surface area contributed by atoms with Crippen LogP contribution >= 0.6 is 0 Å². The van der Waals surface area contributed by atoms with Crippen molar-refractivity contribution in [1.82, 2.24) is 9.97 Å². The summed E-state index contributed by atoms with van der Waals surface area (Å²) in [4.78, 5) is 32.7. The number of nitrogens with zero attached hydrogens (tertiary/aromatic N) is 2. The lowest BCUT2D eigenvalue weighted by Crippen LogP contribution is -2.39. The van der Waals surface area contributed by atoms with Gasteiger partial charge in [-0.05, 0) is 13.8 Å². The summed E-state index contributed by atoms with van der Waals surface area (Å²) in [5.74, 6) is -0.138. The zero-order valence-electron chi connectivity index (χ0n) is 10.9. The van der Waals surface area contributed by atoms with E-state index in [9.17, 15) is 9.59 Å². The number of cyclic esters (lactones) is 1. The zero-order valence-corrected chi connectivity index (χ0v) is 10.9. The Labute approximate surface area is 109 Å². The minimum Gasteiger partial charge on any atom is -0.449 e. The number of carbonyl (C=O) groups excluding carboxylic acids is 1. The predicted molar refractivity (Wildman–Crippen MR) is 66.3 cm³/mol. The maximum atomic E-state index is 12.0. The third kappa shape index (κ3) is 1.90. The summed E-state index contributed by atoms with van der Waals surface area (Å²) in [5, 5.41) is 0. The monoisotopic (exact) mass is 265 g/mol. The molecule has 7 heteroatoms. The Morgan fingerprint density at radius 1 is 1.26 bits per heavy atom. The third-order valence-corrected chi connectivity index (χ3v) is 3.34. The van der Waals surface area contributed by atoms with E-state index in [2.05, 4.69) is 9.97 Å². The number of rotatable bonds is 1. The molecule has 0 atom stereocenters. The smallest absolute Gasteiger partial charge is 0.346 e. The van der Waals surface area contributed by atoms with Gasteiger partial charge in [-0.3, -0.25) is 9.78 Å². The molecule has 0 aromatic carbocycles. The van der Waals surface area contributed by atoms with Crippen LogP contribution in [0, 0.1) is 0 Å². The topological polar surface area (TPSA) is 84.5 Å². The van der Waals surface area contributed by atoms with Gasteiger partial charge < -0.3 is 14.4 Å². The summed E-state index contributed by atoms with van der Waals surface area (Å²) >= 11 is 0. The molecule has 1 aromatic rings. The first-order valence-corrected chi connectivity index (χ1v) is 6.20. The molecule has 0 bridgehead atoms. The van der Waals surface area contributed by atoms with Crippen molar-refractivity contribution < 1.29 is 14.3 Å². The molecule has 0 spiro atoms. The predicted octanol–water partition coefficient (Wildman–Crippen LogP) is 0.0120. The minimum atomic E-state index is -0.859. The lowest BCUT2D eigenvalue weighted by Gasteiger charge is -2.27. The van der Waals surface area contributed by atoms with E-state index in [1.807, 2.05) is 4.90 Å². The number of carbonyl (C=O) groups is 1. The highest BCUT2D eigenvalue weighted by molar-refractivity contribution is 5.93. The molecule has 0 unspecified atom stereocenters. The van der Waals surface area contributed by atoms with Gasteiger partial charge in [0.1, 0.15) is 11.3 Å². The van der Waals surface area contributed by atoms with Gasteiger partial charge in [-0.25, -0.2) is 9.78 Å². The zero-order chi connectivity index (χ0) is 13.6. The van der Waals surface area contributed by atoms with Crippen LogP contribution in [0.25, 0.3) is 0 Å². The molecule has 1 saturated heterocycles. The van der Waals surface area contributed by atoms with Crippen LogP contribution in [0.15, 0.2) is 4.79 Å². The Kier molecular flexibility index (Phi) is 2.60. The molecule has 7 nitrogen and oxygen atoms in total. The summed E-state index contributed by atoms with van der Waals surface area (Å²) in [7, 11) is 0. The fourth-order valence-electron chi connectivity index (χ4n) is 2.34. The van der Waals surface area contributed by atoms with Crippen LogP contribution < -0.4 is 10.5 Å². The van der Waals surface area contributed by atoms with E-state index in [1.165, 1.54) is 0 Å². The van der Waals surface area contributed by atoms with Gasteiger partial charge in [-0.2, -0.15) is 0 Å². The van der Waals surface area contributed by atoms with E-state index in [1.54, 1.807) is 13.8 Å². The van der Waals surface area contributed by atoms with Gasteiger partial charge in [0.05, 0.1) is 13.2 Å². The molecule has 3 heterocycles. The van der Waals surface area contributed by atoms with Crippen molar-refractivity contribution in [3.63, 3.8) is 0 Å². The molecule has 0 aliphatic carbocycles. The molecule has 1 aromatic heterocycles. The summed E-state index contributed by atoms with van der Waals surface area (Å²) < 4.78 is 10.4. The van der Waals surface area contributed by atoms with Gasteiger partial charge in [-0.1, -0.05) is 0 Å². The van der Waals surface area contributed by atoms with E-state index >= 15 is 0 Å². The van der Waals surface area contributed by atoms with Crippen LogP contribution in [0.4, 0.5) is 5.95 Å². The Morgan fingerprint density at radius 3 is 2.63 bits per heavy atom. The number of H-pyrrole nitrogens is 1. The van der Waals surface area contributed by atoms with Crippen molar-refractivity contribution in [3.05, 3.63) is 21.6 Å². The van der Waals surface area contributed by atoms with Gasteiger partial charge in [0.25, 0.3) is 5.56 Å². The standard InChI is InChI=1S/C12H15N3O4/c1-12(2)8-7(10(17)19-12)9(16)14-11(13-8)15-3-5-18-6-4-15/h3-6H2,1-2H3,(H,13,14,16). The first-order valence-electron chi connectivity index (χ1n) is 6.20. The molecule has 0 amide bonds. The summed E-state index contributed by atoms with van der Waals surface area (Å²) in [5.41, 5.74) is -0.881. The lowest BCUT2D eigenvalue weighted by molar-refractivity contribution is 0.00829. The Balaban J connectivity index is 2.08. The van der Waals surface area contributed by atoms with E-state index in [0.717, 1.165) is 0 Å². The van der Waals surface area contributed by atoms with E-state index < -0.39 is 17.1 Å². The number of aromatic amines is 1. The fourth-order valence-corrected chi connectivity index (χ4v) is 2.34. The fraction of sp³-hybridized carbons (Fsp3) is 0.583. The van der Waals surface area contributed by atoms with Crippen LogP contribution in [-0.4, -0.2) is 42.2 Å². The van der Waals surface area contributed by atoms with Gasteiger partial charge >= 0.3 is 5.97 Å². The van der Waals surface area contributed by atoms with Crippen LogP contribution in [0.5, 0.6) is 0 Å². The van der Waals surface area contributed by atoms with Crippen molar-refractivity contribution in [2.45, 2.75) is 19.4 Å². The quantitative estimate of drug-likeness (QED) is 0.720. The second-order valence-corrected chi connectivity index (χ2v) is 5.11. The second kappa shape index (κ2) is 4.06.